The molecule has 22 rings (SSSR count). The van der Waals surface area contributed by atoms with Gasteiger partial charge in [-0.05, 0) is 0 Å². The van der Waals surface area contributed by atoms with Crippen LogP contribution in [0.2, 0.25) is 0 Å². The zero-order valence-corrected chi connectivity index (χ0v) is 46.4. The average Bonchev–Trinajstić information content (AvgIpc) is 2.13. The Labute approximate surface area is 501 Å². The molecule has 41 heteroatoms. The Morgan fingerprint density at radius 1 is 0.213 bits per heavy atom. The normalized spacial score (nSPS) is 54.7. The summed E-state index contributed by atoms with van der Waals surface area (Å²) in [6.07, 6.45) is -83.0. The molecule has 0 amide bonds. The summed E-state index contributed by atoms with van der Waals surface area (Å²) >= 11 is 0. The lowest BCUT2D eigenvalue weighted by Crippen LogP contribution is -2.68. The van der Waals surface area contributed by atoms with Crippen molar-refractivity contribution >= 4 is 0 Å². The van der Waals surface area contributed by atoms with E-state index in [9.17, 15) is 123 Å². The first-order valence-corrected chi connectivity index (χ1v) is 28.3. The van der Waals surface area contributed by atoms with Crippen molar-refractivity contribution in [2.45, 2.75) is 246 Å². The molecule has 22 aliphatic rings. The first kappa shape index (κ1) is 71.6. The lowest BCUT2D eigenvalue weighted by molar-refractivity contribution is -0.425. The van der Waals surface area contributed by atoms with Crippen LogP contribution >= 0.6 is 0 Å². The fraction of sp³-hybridized carbons (Fsp3) is 1.00. The van der Waals surface area contributed by atoms with Crippen molar-refractivity contribution in [2.24, 2.45) is 0 Å². The first-order valence-electron chi connectivity index (χ1n) is 28.3. The molecule has 0 aromatic rings. The highest BCUT2D eigenvalue weighted by atomic mass is 17.1. The topological polar surface area (TPSA) is 642 Å². The van der Waals surface area contributed by atoms with E-state index in [1.54, 1.807) is 0 Å². The molecule has 0 spiro atoms. The van der Waals surface area contributed by atoms with Gasteiger partial charge in [-0.15, -0.1) is 0 Å². The molecule has 0 aromatic heterocycles. The van der Waals surface area contributed by atoms with E-state index in [2.05, 4.69) is 4.89 Å². The highest BCUT2D eigenvalue weighted by Gasteiger charge is 2.60. The van der Waals surface area contributed by atoms with Crippen LogP contribution < -0.4 is 0 Å². The van der Waals surface area contributed by atoms with E-state index >= 15 is 0 Å². The van der Waals surface area contributed by atoms with Crippen molar-refractivity contribution in [1.82, 2.24) is 0 Å². The van der Waals surface area contributed by atoms with Crippen molar-refractivity contribution in [1.29, 1.82) is 0 Å². The predicted octanol–water partition coefficient (Wildman–Crippen LogP) is -16.9. The molecule has 0 aliphatic carbocycles. The van der Waals surface area contributed by atoms with Crippen LogP contribution in [0.1, 0.15) is 0 Å². The number of rotatable bonds is 11. The van der Waals surface area contributed by atoms with Crippen LogP contribution in [0.15, 0.2) is 0 Å². The monoisotopic (exact) mass is 1310 g/mol. The molecule has 89 heavy (non-hydrogen) atoms. The molecule has 0 radical (unpaired) electrons. The molecule has 22 saturated heterocycles. The minimum atomic E-state index is -2.38. The number of aliphatic hydroxyl groups is 23. The Kier molecular flexibility index (Phi) is 24.6. The zero-order valence-electron chi connectivity index (χ0n) is 46.4. The number of ether oxygens (including phenoxy) is 16. The van der Waals surface area contributed by atoms with E-state index in [1.807, 2.05) is 0 Å². The number of hydrogen-bond acceptors (Lipinski definition) is 41. The molecule has 14 bridgehead atoms. The van der Waals surface area contributed by atoms with Crippen molar-refractivity contribution in [3.05, 3.63) is 0 Å². The van der Waals surface area contributed by atoms with Gasteiger partial charge in [0, 0.05) is 0 Å². The fourth-order valence-corrected chi connectivity index (χ4v) is 11.9. The van der Waals surface area contributed by atoms with E-state index in [0.29, 0.717) is 0 Å². The van der Waals surface area contributed by atoms with Gasteiger partial charge in [0.25, 0.3) is 0 Å². The van der Waals surface area contributed by atoms with Gasteiger partial charge in [-0.3, -0.25) is 5.26 Å². The minimum absolute atomic E-state index is 0.928. The quantitative estimate of drug-likeness (QED) is 0.0675. The third kappa shape index (κ3) is 14.3. The average molecular weight is 1310 g/mol. The van der Waals surface area contributed by atoms with Gasteiger partial charge < -0.3 is 193 Å². The summed E-state index contributed by atoms with van der Waals surface area (Å²) in [5.74, 6) is 0. The molecule has 24 N–H and O–H groups in total. The Bertz CT molecular complexity index is 2160. The highest BCUT2D eigenvalue weighted by molar-refractivity contribution is 5.02. The standard InChI is InChI=1S/C48H80O41/c49-1-9-17(56)18(57)25(64)41(74-9)73-8-16-39-24(63)31(70)47(81-16)86-37-14(6-54)78-45(29(68)22(37)61)84-35-12(4-52)76-43(27(66)20(35)59)82-33-10(2-50)75-42(26(65)19(33)58)83-34-11(3-51)77-44(28(67)21(34)60)85-36-13(5-53)79-46(30(69)23(36)62)87-38-15(7-55)80-48(88-39)40(89-72)32(38)71/h9-72H,1-8H2/t9-,10-,11-,12-,13-,14-,15-,16-,17-,18+,19-,20-,21-,22-,23-,24-,25-,26-,27-,28-,29-,30-,31-,32+,33-,34-,35-,36-,37-,38-,39-,40-,41+,42-,43-,44-,45-,46-,47-,48-/m1/s1. The second kappa shape index (κ2) is 30.6. The lowest BCUT2D eigenvalue weighted by Gasteiger charge is -2.50. The molecule has 22 aliphatic heterocycles. The maximum Gasteiger partial charge on any atom is 0.190 e. The molecule has 0 saturated carbocycles. The molecular formula is C48H80O41. The summed E-state index contributed by atoms with van der Waals surface area (Å²) < 4.78 is 91.8. The maximum absolute atomic E-state index is 11.9. The van der Waals surface area contributed by atoms with Crippen molar-refractivity contribution in [3.63, 3.8) is 0 Å². The van der Waals surface area contributed by atoms with Gasteiger partial charge in [0.1, 0.15) is 189 Å². The van der Waals surface area contributed by atoms with Gasteiger partial charge in [0.05, 0.1) is 52.9 Å². The van der Waals surface area contributed by atoms with Crippen molar-refractivity contribution < 1.29 is 203 Å². The SMILES string of the molecule is OC[C@H]1O[C@H](OC[C@H]2O[C@@H]3O[C@H]4[C@H](O)[C@@H](O)[C@@H](O[C@H]5[C@H](O)[C@@H](O)[C@@H](O[C@H]6[C@H](O)[C@@H](O)[C@@H](O[C@H]7[C@H](O)[C@@H](O)[C@@H](O[C@H]8[C@H](O)[C@@H](O)[C@@H](O[C@H]9[C@H](O)[C@@H](OO)[C@@H](O[C@H]2[C@H](O)[C@H]3O)O[C@@H]9CO)O[C@@H]8CO)O[C@@H]7CO)O[C@@H]6CO)O[C@@H]5CO)O[C@@H]4CO)[C@H](O)[C@@H](O)[C@@H]1O. The van der Waals surface area contributed by atoms with Gasteiger partial charge in [-0.25, -0.2) is 4.89 Å². The molecule has 0 unspecified atom stereocenters. The predicted molar refractivity (Wildman–Crippen MR) is 263 cm³/mol. The fourth-order valence-electron chi connectivity index (χ4n) is 11.9. The van der Waals surface area contributed by atoms with E-state index in [-0.39, 0.29) is 0 Å². The molecule has 22 heterocycles. The zero-order chi connectivity index (χ0) is 64.8. The van der Waals surface area contributed by atoms with Crippen LogP contribution in [0.3, 0.4) is 0 Å². The molecule has 22 fully saturated rings. The van der Waals surface area contributed by atoms with Crippen LogP contribution in [-0.4, -0.2) is 421 Å². The number of aliphatic hydroxyl groups excluding tert-OH is 23. The molecule has 0 aromatic carbocycles. The van der Waals surface area contributed by atoms with Gasteiger partial charge >= 0.3 is 0 Å². The van der Waals surface area contributed by atoms with Crippen molar-refractivity contribution in [2.75, 3.05) is 52.9 Å². The Hall–Kier alpha value is -1.64. The summed E-state index contributed by atoms with van der Waals surface area (Å²) in [6, 6.07) is 0. The third-order valence-corrected chi connectivity index (χ3v) is 17.0. The summed E-state index contributed by atoms with van der Waals surface area (Å²) in [7, 11) is 0. The first-order chi connectivity index (χ1) is 42.4. The second-order valence-electron chi connectivity index (χ2n) is 22.6. The second-order valence-corrected chi connectivity index (χ2v) is 22.6. The molecular weight excluding hydrogens is 1230 g/mol. The van der Waals surface area contributed by atoms with E-state index < -0.39 is 299 Å². The third-order valence-electron chi connectivity index (χ3n) is 17.0. The van der Waals surface area contributed by atoms with E-state index in [4.69, 9.17) is 75.8 Å². The smallest absolute Gasteiger partial charge is 0.190 e. The summed E-state index contributed by atoms with van der Waals surface area (Å²) in [4.78, 5) is 4.52. The van der Waals surface area contributed by atoms with Crippen LogP contribution in [0.25, 0.3) is 0 Å². The van der Waals surface area contributed by atoms with Crippen molar-refractivity contribution in [3.8, 4) is 0 Å². The molecule has 41 nitrogen and oxygen atoms in total. The van der Waals surface area contributed by atoms with Crippen LogP contribution in [0.5, 0.6) is 0 Å². The summed E-state index contributed by atoms with van der Waals surface area (Å²) in [6.45, 7) is -8.60. The van der Waals surface area contributed by atoms with Crippen LogP contribution in [0.4, 0.5) is 0 Å². The number of hydrogen-bond donors (Lipinski definition) is 24. The minimum Gasteiger partial charge on any atom is -0.394 e. The lowest BCUT2D eigenvalue weighted by atomic mass is 9.95. The van der Waals surface area contributed by atoms with Gasteiger partial charge in [-0.2, -0.15) is 0 Å². The molecule has 518 valence electrons. The molecule has 40 atom stereocenters. The van der Waals surface area contributed by atoms with Gasteiger partial charge in [-0.1, -0.05) is 0 Å². The Balaban J connectivity index is 1.03. The van der Waals surface area contributed by atoms with Gasteiger partial charge in [0.2, 0.25) is 0 Å². The summed E-state index contributed by atoms with van der Waals surface area (Å²) in [5.41, 5.74) is 0. The maximum atomic E-state index is 11.9. The Morgan fingerprint density at radius 2 is 0.449 bits per heavy atom. The van der Waals surface area contributed by atoms with E-state index in [0.717, 1.165) is 0 Å². The Morgan fingerprint density at radius 3 is 0.719 bits per heavy atom. The van der Waals surface area contributed by atoms with Crippen LogP contribution in [-0.2, 0) is 80.7 Å². The summed E-state index contributed by atoms with van der Waals surface area (Å²) in [5, 5.41) is 264. The van der Waals surface area contributed by atoms with E-state index in [1.165, 1.54) is 0 Å². The highest BCUT2D eigenvalue weighted by Crippen LogP contribution is 2.40. The van der Waals surface area contributed by atoms with Crippen LogP contribution in [0, 0.1) is 0 Å². The largest absolute Gasteiger partial charge is 0.394 e. The van der Waals surface area contributed by atoms with Gasteiger partial charge in [0.15, 0.2) is 56.4 Å².